The van der Waals surface area contributed by atoms with Crippen LogP contribution < -0.4 is 4.90 Å². The van der Waals surface area contributed by atoms with Crippen molar-refractivity contribution in [3.8, 4) is 0 Å². The zero-order valence-electron chi connectivity index (χ0n) is 10.2. The number of benzene rings is 1. The summed E-state index contributed by atoms with van der Waals surface area (Å²) in [6.07, 6.45) is 0. The van der Waals surface area contributed by atoms with E-state index in [0.29, 0.717) is 4.90 Å². The van der Waals surface area contributed by atoms with Crippen molar-refractivity contribution in [3.63, 3.8) is 0 Å². The number of rotatable bonds is 3. The van der Waals surface area contributed by atoms with Crippen LogP contribution in [-0.2, 0) is 14.4 Å². The zero-order valence-corrected chi connectivity index (χ0v) is 10.2. The molecule has 8 heteroatoms. The zero-order chi connectivity index (χ0) is 15.0. The molecule has 0 saturated heterocycles. The molecule has 1 N–H and O–H groups in total. The second-order valence-corrected chi connectivity index (χ2v) is 4.00. The fourth-order valence-corrected chi connectivity index (χ4v) is 1.79. The number of hydrogen-bond acceptors (Lipinski definition) is 6. The van der Waals surface area contributed by atoms with Gasteiger partial charge in [0.2, 0.25) is 0 Å². The molecule has 102 valence electrons. The van der Waals surface area contributed by atoms with E-state index >= 15 is 0 Å². The summed E-state index contributed by atoms with van der Waals surface area (Å²) >= 11 is 0. The number of nitro groups is 1. The maximum atomic E-state index is 11.9. The highest BCUT2D eigenvalue weighted by Gasteiger charge is 2.41. The average Bonchev–Trinajstić information content (AvgIpc) is 2.60. The lowest BCUT2D eigenvalue weighted by atomic mass is 10.2. The molecule has 1 heterocycles. The van der Waals surface area contributed by atoms with E-state index in [-0.39, 0.29) is 11.4 Å². The molecule has 0 radical (unpaired) electrons. The van der Waals surface area contributed by atoms with E-state index in [9.17, 15) is 29.6 Å². The largest absolute Gasteiger partial charge is 0.502 e. The Morgan fingerprint density at radius 1 is 1.20 bits per heavy atom. The predicted octanol–water partition coefficient (Wildman–Crippen LogP) is 0.869. The second kappa shape index (κ2) is 4.57. The van der Waals surface area contributed by atoms with Gasteiger partial charge in [0.25, 0.3) is 11.6 Å². The van der Waals surface area contributed by atoms with Crippen LogP contribution in [0.4, 0.5) is 11.4 Å². The van der Waals surface area contributed by atoms with Crippen LogP contribution >= 0.6 is 0 Å². The minimum absolute atomic E-state index is 0.0356. The van der Waals surface area contributed by atoms with Crippen LogP contribution in [0.1, 0.15) is 6.92 Å². The number of carbonyl (C=O) groups excluding carboxylic acids is 3. The highest BCUT2D eigenvalue weighted by Crippen LogP contribution is 2.27. The monoisotopic (exact) mass is 276 g/mol. The molecule has 0 fully saturated rings. The van der Waals surface area contributed by atoms with Gasteiger partial charge < -0.3 is 5.11 Å². The van der Waals surface area contributed by atoms with Gasteiger partial charge in [-0.1, -0.05) is 0 Å². The molecule has 2 rings (SSSR count). The summed E-state index contributed by atoms with van der Waals surface area (Å²) in [5.41, 5.74) is -0.765. The Bertz CT molecular complexity index is 674. The van der Waals surface area contributed by atoms with Gasteiger partial charge in [0, 0.05) is 12.1 Å². The highest BCUT2D eigenvalue weighted by atomic mass is 16.6. The lowest BCUT2D eigenvalue weighted by molar-refractivity contribution is -0.384. The average molecular weight is 276 g/mol. The first kappa shape index (κ1) is 13.4. The van der Waals surface area contributed by atoms with Gasteiger partial charge in [-0.3, -0.25) is 24.5 Å². The minimum atomic E-state index is -1.03. The van der Waals surface area contributed by atoms with E-state index < -0.39 is 33.9 Å². The molecule has 0 spiro atoms. The molecule has 2 amide bonds. The molecule has 20 heavy (non-hydrogen) atoms. The van der Waals surface area contributed by atoms with Crippen LogP contribution in [0.15, 0.2) is 35.6 Å². The number of ketones is 1. The molecular formula is C12H8N2O6. The molecular weight excluding hydrogens is 268 g/mol. The van der Waals surface area contributed by atoms with Crippen LogP contribution in [0.5, 0.6) is 0 Å². The van der Waals surface area contributed by atoms with E-state index in [1.165, 1.54) is 12.1 Å². The van der Waals surface area contributed by atoms with Gasteiger partial charge in [0.1, 0.15) is 5.57 Å². The molecule has 1 aromatic rings. The Morgan fingerprint density at radius 2 is 1.75 bits per heavy atom. The van der Waals surface area contributed by atoms with Crippen LogP contribution in [-0.4, -0.2) is 27.6 Å². The maximum Gasteiger partial charge on any atom is 0.301 e. The topological polar surface area (TPSA) is 118 Å². The summed E-state index contributed by atoms with van der Waals surface area (Å²) in [4.78, 5) is 45.4. The van der Waals surface area contributed by atoms with Gasteiger partial charge >= 0.3 is 5.91 Å². The van der Waals surface area contributed by atoms with Crippen molar-refractivity contribution in [3.05, 3.63) is 45.7 Å². The van der Waals surface area contributed by atoms with Crippen molar-refractivity contribution < 1.29 is 24.4 Å². The van der Waals surface area contributed by atoms with E-state index in [2.05, 4.69) is 0 Å². The Kier molecular flexibility index (Phi) is 3.07. The molecule has 0 aliphatic carbocycles. The predicted molar refractivity (Wildman–Crippen MR) is 65.9 cm³/mol. The lowest BCUT2D eigenvalue weighted by Crippen LogP contribution is -2.32. The Labute approximate surface area is 112 Å². The van der Waals surface area contributed by atoms with Gasteiger partial charge in [-0.05, 0) is 19.1 Å². The van der Waals surface area contributed by atoms with Crippen LogP contribution in [0, 0.1) is 10.1 Å². The number of nitro benzene ring substituents is 1. The van der Waals surface area contributed by atoms with Gasteiger partial charge in [0.15, 0.2) is 11.5 Å². The minimum Gasteiger partial charge on any atom is -0.502 e. The summed E-state index contributed by atoms with van der Waals surface area (Å²) < 4.78 is 0. The highest BCUT2D eigenvalue weighted by molar-refractivity contribution is 6.40. The summed E-state index contributed by atoms with van der Waals surface area (Å²) in [5, 5.41) is 20.0. The van der Waals surface area contributed by atoms with Crippen LogP contribution in [0.3, 0.4) is 0 Å². The van der Waals surface area contributed by atoms with E-state index in [4.69, 9.17) is 0 Å². The summed E-state index contributed by atoms with van der Waals surface area (Å²) in [6.45, 7) is 1.05. The Morgan fingerprint density at radius 3 is 2.15 bits per heavy atom. The number of aliphatic hydroxyl groups is 1. The van der Waals surface area contributed by atoms with Crippen molar-refractivity contribution in [2.75, 3.05) is 4.90 Å². The Hall–Kier alpha value is -3.03. The number of carbonyl (C=O) groups is 3. The van der Waals surface area contributed by atoms with Gasteiger partial charge in [0.05, 0.1) is 10.6 Å². The molecule has 0 saturated carbocycles. The second-order valence-electron chi connectivity index (χ2n) is 4.00. The quantitative estimate of drug-likeness (QED) is 0.378. The fourth-order valence-electron chi connectivity index (χ4n) is 1.79. The van der Waals surface area contributed by atoms with E-state index in [0.717, 1.165) is 19.1 Å². The first-order chi connectivity index (χ1) is 9.34. The van der Waals surface area contributed by atoms with Gasteiger partial charge in [-0.25, -0.2) is 4.90 Å². The van der Waals surface area contributed by atoms with Crippen molar-refractivity contribution in [2.24, 2.45) is 0 Å². The third-order valence-electron chi connectivity index (χ3n) is 2.73. The fraction of sp³-hybridized carbons (Fsp3) is 0.0833. The maximum absolute atomic E-state index is 11.9. The number of anilines is 1. The number of imide groups is 1. The lowest BCUT2D eigenvalue weighted by Gasteiger charge is -2.13. The number of non-ortho nitro benzene ring substituents is 1. The van der Waals surface area contributed by atoms with Crippen molar-refractivity contribution >= 4 is 29.0 Å². The van der Waals surface area contributed by atoms with Crippen LogP contribution in [0.25, 0.3) is 0 Å². The van der Waals surface area contributed by atoms with Crippen molar-refractivity contribution in [2.45, 2.75) is 6.92 Å². The summed E-state index contributed by atoms with van der Waals surface area (Å²) in [6, 6.07) is 4.59. The number of Topliss-reactive ketones (excluding diaryl/α,β-unsaturated/α-hetero) is 1. The molecule has 1 aromatic carbocycles. The molecule has 0 atom stereocenters. The molecule has 0 unspecified atom stereocenters. The SMILES string of the molecule is CC(=O)C1=C(O)C(=O)N(c2ccc([N+](=O)[O-])cc2)C1=O. The van der Waals surface area contributed by atoms with E-state index in [1.54, 1.807) is 0 Å². The van der Waals surface area contributed by atoms with E-state index in [1.807, 2.05) is 0 Å². The van der Waals surface area contributed by atoms with Gasteiger partial charge in [-0.15, -0.1) is 0 Å². The van der Waals surface area contributed by atoms with Gasteiger partial charge in [-0.2, -0.15) is 0 Å². The Balaban J connectivity index is 2.41. The molecule has 0 aromatic heterocycles. The number of aliphatic hydroxyl groups excluding tert-OH is 1. The molecule has 8 nitrogen and oxygen atoms in total. The standard InChI is InChI=1S/C12H8N2O6/c1-6(15)9-10(16)12(18)13(11(9)17)7-2-4-8(5-3-7)14(19)20/h2-5,16H,1H3. The van der Waals surface area contributed by atoms with Crippen molar-refractivity contribution in [1.82, 2.24) is 0 Å². The normalized spacial score (nSPS) is 14.9. The molecule has 0 bridgehead atoms. The number of nitrogens with zero attached hydrogens (tertiary/aromatic N) is 2. The smallest absolute Gasteiger partial charge is 0.301 e. The first-order valence-corrected chi connectivity index (χ1v) is 5.42. The summed E-state index contributed by atoms with van der Waals surface area (Å²) in [7, 11) is 0. The third-order valence-corrected chi connectivity index (χ3v) is 2.73. The molecule has 1 aliphatic rings. The van der Waals surface area contributed by atoms with Crippen LogP contribution in [0.2, 0.25) is 0 Å². The first-order valence-electron chi connectivity index (χ1n) is 5.42. The third kappa shape index (κ3) is 1.92. The number of hydrogen-bond donors (Lipinski definition) is 1. The van der Waals surface area contributed by atoms with Crippen molar-refractivity contribution in [1.29, 1.82) is 0 Å². The molecule has 1 aliphatic heterocycles. The summed E-state index contributed by atoms with van der Waals surface area (Å²) in [5.74, 6) is -3.63. The number of amides is 2.